The fourth-order valence-corrected chi connectivity index (χ4v) is 2.35. The highest BCUT2D eigenvalue weighted by atomic mass is 16.5. The number of hydrogen-bond acceptors (Lipinski definition) is 2. The van der Waals surface area contributed by atoms with Gasteiger partial charge in [-0.1, -0.05) is 26.0 Å². The second-order valence-electron chi connectivity index (χ2n) is 5.37. The summed E-state index contributed by atoms with van der Waals surface area (Å²) < 4.78 is 5.41. The first-order valence-electron chi connectivity index (χ1n) is 6.42. The van der Waals surface area contributed by atoms with Gasteiger partial charge in [0.1, 0.15) is 5.75 Å². The molecule has 0 aromatic heterocycles. The Balaban J connectivity index is 2.11. The van der Waals surface area contributed by atoms with Crippen LogP contribution in [0.3, 0.4) is 0 Å². The second-order valence-corrected chi connectivity index (χ2v) is 5.37. The Morgan fingerprint density at radius 1 is 1.50 bits per heavy atom. The molecule has 0 amide bonds. The zero-order chi connectivity index (χ0) is 13.3. The van der Waals surface area contributed by atoms with Crippen molar-refractivity contribution < 1.29 is 14.6 Å². The van der Waals surface area contributed by atoms with Crippen molar-refractivity contribution in [1.29, 1.82) is 0 Å². The minimum Gasteiger partial charge on any atom is -0.496 e. The highest BCUT2D eigenvalue weighted by molar-refractivity contribution is 5.73. The molecule has 0 radical (unpaired) electrons. The van der Waals surface area contributed by atoms with Crippen LogP contribution in [0.2, 0.25) is 0 Å². The topological polar surface area (TPSA) is 46.5 Å². The lowest BCUT2D eigenvalue weighted by Crippen LogP contribution is -2.02. The van der Waals surface area contributed by atoms with E-state index in [1.165, 1.54) is 5.56 Å². The van der Waals surface area contributed by atoms with Crippen LogP contribution in [-0.4, -0.2) is 18.2 Å². The van der Waals surface area contributed by atoms with Crippen molar-refractivity contribution in [2.24, 2.45) is 11.8 Å². The van der Waals surface area contributed by atoms with Crippen LogP contribution in [0.4, 0.5) is 0 Å². The minimum absolute atomic E-state index is 0.153. The van der Waals surface area contributed by atoms with Gasteiger partial charge in [0, 0.05) is 0 Å². The molecular formula is C15H20O3. The maximum absolute atomic E-state index is 10.8. The van der Waals surface area contributed by atoms with Crippen LogP contribution >= 0.6 is 0 Å². The van der Waals surface area contributed by atoms with Crippen LogP contribution in [0.25, 0.3) is 0 Å². The summed E-state index contributed by atoms with van der Waals surface area (Å²) in [5.41, 5.74) is 2.37. The summed E-state index contributed by atoms with van der Waals surface area (Å²) in [7, 11) is 1.67. The lowest BCUT2D eigenvalue weighted by atomic mass is 9.98. The molecule has 3 nitrogen and oxygen atoms in total. The Morgan fingerprint density at radius 3 is 2.72 bits per heavy atom. The highest BCUT2D eigenvalue weighted by Gasteiger charge is 2.43. The van der Waals surface area contributed by atoms with Crippen LogP contribution in [0.1, 0.15) is 37.3 Å². The zero-order valence-corrected chi connectivity index (χ0v) is 11.1. The van der Waals surface area contributed by atoms with Gasteiger partial charge in [-0.3, -0.25) is 4.79 Å². The molecule has 1 N–H and O–H groups in total. The molecule has 2 atom stereocenters. The third-order valence-electron chi connectivity index (χ3n) is 3.70. The fourth-order valence-electron chi connectivity index (χ4n) is 2.35. The van der Waals surface area contributed by atoms with Crippen molar-refractivity contribution >= 4 is 5.97 Å². The van der Waals surface area contributed by atoms with Gasteiger partial charge in [0.25, 0.3) is 0 Å². The molecular weight excluding hydrogens is 228 g/mol. The molecule has 1 fully saturated rings. The molecule has 1 saturated carbocycles. The molecule has 3 heteroatoms. The summed E-state index contributed by atoms with van der Waals surface area (Å²) in [6.07, 6.45) is 1.60. The standard InChI is InChI=1S/C15H20O3/c1-9(2)10-4-5-11(14(8-10)18-3)6-12-7-13(12)15(16)17/h4-5,8-9,12-13H,6-7H2,1-3H3,(H,16,17). The largest absolute Gasteiger partial charge is 0.496 e. The van der Waals surface area contributed by atoms with Gasteiger partial charge in [-0.05, 0) is 41.9 Å². The van der Waals surface area contributed by atoms with Crippen molar-refractivity contribution in [2.45, 2.75) is 32.6 Å². The first-order chi connectivity index (χ1) is 8.52. The maximum Gasteiger partial charge on any atom is 0.306 e. The predicted octanol–water partition coefficient (Wildman–Crippen LogP) is 3.08. The predicted molar refractivity (Wildman–Crippen MR) is 70.0 cm³/mol. The number of benzene rings is 1. The monoisotopic (exact) mass is 248 g/mol. The normalized spacial score (nSPS) is 22.0. The van der Waals surface area contributed by atoms with E-state index in [0.717, 1.165) is 24.2 Å². The summed E-state index contributed by atoms with van der Waals surface area (Å²) in [5.74, 6) is 0.816. The first kappa shape index (κ1) is 12.9. The third-order valence-corrected chi connectivity index (χ3v) is 3.70. The Labute approximate surface area is 108 Å². The second kappa shape index (κ2) is 5.01. The van der Waals surface area contributed by atoms with Gasteiger partial charge in [-0.15, -0.1) is 0 Å². The number of aliphatic carboxylic acids is 1. The van der Waals surface area contributed by atoms with Crippen molar-refractivity contribution in [1.82, 2.24) is 0 Å². The van der Waals surface area contributed by atoms with Crippen LogP contribution in [0, 0.1) is 11.8 Å². The van der Waals surface area contributed by atoms with Gasteiger partial charge >= 0.3 is 5.97 Å². The SMILES string of the molecule is COc1cc(C(C)C)ccc1CC1CC1C(=O)O. The third kappa shape index (κ3) is 2.66. The van der Waals surface area contributed by atoms with E-state index in [2.05, 4.69) is 32.0 Å². The van der Waals surface area contributed by atoms with Crippen LogP contribution < -0.4 is 4.74 Å². The number of methoxy groups -OCH3 is 1. The number of ether oxygens (including phenoxy) is 1. The van der Waals surface area contributed by atoms with Crippen LogP contribution in [0.15, 0.2) is 18.2 Å². The first-order valence-corrected chi connectivity index (χ1v) is 6.42. The smallest absolute Gasteiger partial charge is 0.306 e. The average Bonchev–Trinajstić information content (AvgIpc) is 3.08. The minimum atomic E-state index is -0.669. The number of carbonyl (C=O) groups is 1. The van der Waals surface area contributed by atoms with Crippen molar-refractivity contribution in [3.8, 4) is 5.75 Å². The van der Waals surface area contributed by atoms with Crippen molar-refractivity contribution in [3.05, 3.63) is 29.3 Å². The molecule has 1 aromatic rings. The van der Waals surface area contributed by atoms with E-state index in [9.17, 15) is 4.79 Å². The fraction of sp³-hybridized carbons (Fsp3) is 0.533. The van der Waals surface area contributed by atoms with Gasteiger partial charge in [-0.25, -0.2) is 0 Å². The molecule has 1 aromatic carbocycles. The Morgan fingerprint density at radius 2 is 2.22 bits per heavy atom. The van der Waals surface area contributed by atoms with E-state index in [1.54, 1.807) is 7.11 Å². The van der Waals surface area contributed by atoms with E-state index < -0.39 is 5.97 Å². The molecule has 2 unspecified atom stereocenters. The highest BCUT2D eigenvalue weighted by Crippen LogP contribution is 2.42. The Kier molecular flexibility index (Phi) is 3.60. The molecule has 1 aliphatic carbocycles. The van der Waals surface area contributed by atoms with Gasteiger partial charge in [0.05, 0.1) is 13.0 Å². The van der Waals surface area contributed by atoms with E-state index >= 15 is 0 Å². The van der Waals surface area contributed by atoms with Crippen molar-refractivity contribution in [2.75, 3.05) is 7.11 Å². The molecule has 0 heterocycles. The van der Waals surface area contributed by atoms with Gasteiger partial charge in [0.15, 0.2) is 0 Å². The van der Waals surface area contributed by atoms with E-state index in [4.69, 9.17) is 9.84 Å². The summed E-state index contributed by atoms with van der Waals surface area (Å²) >= 11 is 0. The lowest BCUT2D eigenvalue weighted by molar-refractivity contribution is -0.138. The maximum atomic E-state index is 10.8. The molecule has 0 saturated heterocycles. The number of hydrogen-bond donors (Lipinski definition) is 1. The zero-order valence-electron chi connectivity index (χ0n) is 11.1. The van der Waals surface area contributed by atoms with E-state index in [1.807, 2.05) is 0 Å². The number of carboxylic acid groups (broad SMARTS) is 1. The lowest BCUT2D eigenvalue weighted by Gasteiger charge is -2.12. The van der Waals surface area contributed by atoms with Crippen LogP contribution in [0.5, 0.6) is 5.75 Å². The molecule has 0 bridgehead atoms. The number of rotatable bonds is 5. The summed E-state index contributed by atoms with van der Waals surface area (Å²) in [6.45, 7) is 4.30. The molecule has 2 rings (SSSR count). The van der Waals surface area contributed by atoms with Gasteiger partial charge < -0.3 is 9.84 Å². The van der Waals surface area contributed by atoms with E-state index in [0.29, 0.717) is 5.92 Å². The molecule has 18 heavy (non-hydrogen) atoms. The van der Waals surface area contributed by atoms with E-state index in [-0.39, 0.29) is 11.8 Å². The Bertz CT molecular complexity index is 451. The van der Waals surface area contributed by atoms with Gasteiger partial charge in [0.2, 0.25) is 0 Å². The summed E-state index contributed by atoms with van der Waals surface area (Å²) in [6, 6.07) is 6.25. The molecule has 1 aliphatic rings. The van der Waals surface area contributed by atoms with Crippen molar-refractivity contribution in [3.63, 3.8) is 0 Å². The van der Waals surface area contributed by atoms with Crippen LogP contribution in [-0.2, 0) is 11.2 Å². The average molecular weight is 248 g/mol. The molecule has 0 aliphatic heterocycles. The molecule has 0 spiro atoms. The Hall–Kier alpha value is -1.51. The summed E-state index contributed by atoms with van der Waals surface area (Å²) in [4.78, 5) is 10.8. The quantitative estimate of drug-likeness (QED) is 0.871. The molecule has 98 valence electrons. The van der Waals surface area contributed by atoms with Gasteiger partial charge in [-0.2, -0.15) is 0 Å². The summed E-state index contributed by atoms with van der Waals surface area (Å²) in [5, 5.41) is 8.91. The number of carboxylic acids is 1.